The summed E-state index contributed by atoms with van der Waals surface area (Å²) in [6, 6.07) is 7.62. The molecule has 1 rings (SSSR count). The first-order chi connectivity index (χ1) is 6.72. The Labute approximate surface area is 87.1 Å². The van der Waals surface area contributed by atoms with Gasteiger partial charge in [-0.3, -0.25) is 4.79 Å². The van der Waals surface area contributed by atoms with Crippen LogP contribution >= 0.6 is 11.8 Å². The molecule has 3 nitrogen and oxygen atoms in total. The highest BCUT2D eigenvalue weighted by Gasteiger charge is 1.98. The lowest BCUT2D eigenvalue weighted by molar-refractivity contribution is -0.133. The number of ether oxygens (including phenoxy) is 1. The first-order valence-electron chi connectivity index (χ1n) is 4.15. The molecule has 0 bridgehead atoms. The van der Waals surface area contributed by atoms with Gasteiger partial charge in [0.05, 0.1) is 12.9 Å². The lowest BCUT2D eigenvalue weighted by Gasteiger charge is -2.02. The zero-order valence-corrected chi connectivity index (χ0v) is 8.71. The maximum absolute atomic E-state index is 10.2. The molecule has 0 fully saturated rings. The van der Waals surface area contributed by atoms with Crippen LogP contribution in [0.25, 0.3) is 0 Å². The van der Waals surface area contributed by atoms with Crippen LogP contribution in [-0.4, -0.2) is 23.9 Å². The largest absolute Gasteiger partial charge is 0.497 e. The molecular weight excluding hydrogens is 200 g/mol. The summed E-state index contributed by atoms with van der Waals surface area (Å²) in [6.45, 7) is 0. The van der Waals surface area contributed by atoms with Crippen LogP contribution in [0.2, 0.25) is 0 Å². The number of carboxylic acids is 1. The minimum atomic E-state index is -0.775. The molecule has 0 radical (unpaired) electrons. The first-order valence-corrected chi connectivity index (χ1v) is 5.30. The van der Waals surface area contributed by atoms with Gasteiger partial charge in [-0.15, -0.1) is 11.8 Å². The highest BCUT2D eigenvalue weighted by atomic mass is 32.2. The Balaban J connectivity index is 2.40. The van der Waals surface area contributed by atoms with Crippen LogP contribution in [-0.2, 0) is 10.5 Å². The van der Waals surface area contributed by atoms with E-state index in [1.165, 1.54) is 11.8 Å². The fraction of sp³-hybridized carbons (Fsp3) is 0.300. The van der Waals surface area contributed by atoms with Gasteiger partial charge in [-0.25, -0.2) is 0 Å². The van der Waals surface area contributed by atoms with E-state index in [1.807, 2.05) is 24.3 Å². The standard InChI is InChI=1S/C10H12O3S/c1-13-9-4-2-8(3-5-9)6-14-7-10(11)12/h2-5H,6-7H2,1H3,(H,11,12). The van der Waals surface area contributed by atoms with Crippen LogP contribution in [0.15, 0.2) is 24.3 Å². The Kier molecular flexibility index (Phi) is 4.32. The summed E-state index contributed by atoms with van der Waals surface area (Å²) < 4.78 is 5.01. The van der Waals surface area contributed by atoms with Crippen LogP contribution in [0.4, 0.5) is 0 Å². The van der Waals surface area contributed by atoms with Crippen LogP contribution < -0.4 is 4.74 Å². The summed E-state index contributed by atoms with van der Waals surface area (Å²) in [5, 5.41) is 8.43. The molecule has 0 aromatic heterocycles. The molecule has 0 aliphatic heterocycles. The molecule has 14 heavy (non-hydrogen) atoms. The fourth-order valence-electron chi connectivity index (χ4n) is 0.978. The molecule has 0 heterocycles. The monoisotopic (exact) mass is 212 g/mol. The van der Waals surface area contributed by atoms with E-state index in [2.05, 4.69) is 0 Å². The van der Waals surface area contributed by atoms with Gasteiger partial charge < -0.3 is 9.84 Å². The number of hydrogen-bond acceptors (Lipinski definition) is 3. The molecule has 0 saturated heterocycles. The number of benzene rings is 1. The quantitative estimate of drug-likeness (QED) is 0.811. The van der Waals surface area contributed by atoms with Gasteiger partial charge in [0.25, 0.3) is 0 Å². The fourth-order valence-corrected chi connectivity index (χ4v) is 1.68. The third kappa shape index (κ3) is 3.70. The predicted molar refractivity (Wildman–Crippen MR) is 56.8 cm³/mol. The molecule has 0 saturated carbocycles. The summed E-state index contributed by atoms with van der Waals surface area (Å²) in [6.07, 6.45) is 0. The summed E-state index contributed by atoms with van der Waals surface area (Å²) in [7, 11) is 1.62. The van der Waals surface area contributed by atoms with Crippen molar-refractivity contribution < 1.29 is 14.6 Å². The number of thioether (sulfide) groups is 1. The van der Waals surface area contributed by atoms with E-state index in [4.69, 9.17) is 9.84 Å². The van der Waals surface area contributed by atoms with Crippen molar-refractivity contribution in [3.8, 4) is 5.75 Å². The zero-order valence-electron chi connectivity index (χ0n) is 7.90. The van der Waals surface area contributed by atoms with Gasteiger partial charge in [0, 0.05) is 5.75 Å². The number of methoxy groups -OCH3 is 1. The van der Waals surface area contributed by atoms with Gasteiger partial charge in [-0.05, 0) is 17.7 Å². The summed E-state index contributed by atoms with van der Waals surface area (Å²) in [5.41, 5.74) is 1.11. The molecular formula is C10H12O3S. The van der Waals surface area contributed by atoms with Crippen molar-refractivity contribution in [1.29, 1.82) is 0 Å². The molecule has 0 aliphatic rings. The molecule has 4 heteroatoms. The molecule has 0 atom stereocenters. The normalized spacial score (nSPS) is 9.79. The second-order valence-electron chi connectivity index (χ2n) is 2.73. The Morgan fingerprint density at radius 2 is 2.07 bits per heavy atom. The van der Waals surface area contributed by atoms with Gasteiger partial charge >= 0.3 is 5.97 Å². The van der Waals surface area contributed by atoms with Crippen molar-refractivity contribution in [3.05, 3.63) is 29.8 Å². The number of carbonyl (C=O) groups is 1. The minimum absolute atomic E-state index is 0.145. The van der Waals surface area contributed by atoms with Crippen molar-refractivity contribution in [3.63, 3.8) is 0 Å². The average molecular weight is 212 g/mol. The maximum atomic E-state index is 10.2. The Hall–Kier alpha value is -1.16. The van der Waals surface area contributed by atoms with E-state index in [9.17, 15) is 4.79 Å². The van der Waals surface area contributed by atoms with Crippen molar-refractivity contribution in [2.75, 3.05) is 12.9 Å². The lowest BCUT2D eigenvalue weighted by atomic mass is 10.2. The van der Waals surface area contributed by atoms with Gasteiger partial charge in [0.1, 0.15) is 5.75 Å². The average Bonchev–Trinajstić information content (AvgIpc) is 2.18. The summed E-state index contributed by atoms with van der Waals surface area (Å²) >= 11 is 1.39. The van der Waals surface area contributed by atoms with E-state index in [0.29, 0.717) is 0 Å². The minimum Gasteiger partial charge on any atom is -0.497 e. The predicted octanol–water partition coefficient (Wildman–Crippen LogP) is 2.01. The summed E-state index contributed by atoms with van der Waals surface area (Å²) in [4.78, 5) is 10.2. The van der Waals surface area contributed by atoms with Gasteiger partial charge in [0.15, 0.2) is 0 Å². The first kappa shape index (κ1) is 10.9. The second kappa shape index (κ2) is 5.54. The number of hydrogen-bond donors (Lipinski definition) is 1. The maximum Gasteiger partial charge on any atom is 0.313 e. The SMILES string of the molecule is COc1ccc(CSCC(=O)O)cc1. The molecule has 1 N–H and O–H groups in total. The summed E-state index contributed by atoms with van der Waals surface area (Å²) in [5.74, 6) is 0.906. The number of carboxylic acid groups (broad SMARTS) is 1. The highest BCUT2D eigenvalue weighted by molar-refractivity contribution is 7.99. The van der Waals surface area contributed by atoms with Gasteiger partial charge in [-0.1, -0.05) is 12.1 Å². The Bertz CT molecular complexity index is 295. The molecule has 0 spiro atoms. The molecule has 76 valence electrons. The number of rotatable bonds is 5. The van der Waals surface area contributed by atoms with Crippen molar-refractivity contribution in [2.24, 2.45) is 0 Å². The van der Waals surface area contributed by atoms with E-state index in [1.54, 1.807) is 7.11 Å². The number of aliphatic carboxylic acids is 1. The van der Waals surface area contributed by atoms with E-state index < -0.39 is 5.97 Å². The third-order valence-corrected chi connectivity index (χ3v) is 2.64. The second-order valence-corrected chi connectivity index (χ2v) is 3.72. The van der Waals surface area contributed by atoms with Crippen molar-refractivity contribution >= 4 is 17.7 Å². The van der Waals surface area contributed by atoms with Gasteiger partial charge in [-0.2, -0.15) is 0 Å². The van der Waals surface area contributed by atoms with Crippen LogP contribution in [0.1, 0.15) is 5.56 Å². The topological polar surface area (TPSA) is 46.5 Å². The van der Waals surface area contributed by atoms with Crippen molar-refractivity contribution in [2.45, 2.75) is 5.75 Å². The van der Waals surface area contributed by atoms with E-state index >= 15 is 0 Å². The van der Waals surface area contributed by atoms with E-state index in [-0.39, 0.29) is 5.75 Å². The molecule has 0 unspecified atom stereocenters. The van der Waals surface area contributed by atoms with E-state index in [0.717, 1.165) is 17.1 Å². The molecule has 0 aliphatic carbocycles. The highest BCUT2D eigenvalue weighted by Crippen LogP contribution is 2.16. The van der Waals surface area contributed by atoms with Crippen LogP contribution in [0.3, 0.4) is 0 Å². The Morgan fingerprint density at radius 1 is 1.43 bits per heavy atom. The third-order valence-electron chi connectivity index (χ3n) is 1.65. The Morgan fingerprint density at radius 3 is 2.57 bits per heavy atom. The zero-order chi connectivity index (χ0) is 10.4. The molecule has 1 aromatic rings. The smallest absolute Gasteiger partial charge is 0.313 e. The van der Waals surface area contributed by atoms with Gasteiger partial charge in [0.2, 0.25) is 0 Å². The lowest BCUT2D eigenvalue weighted by Crippen LogP contribution is -1.98. The molecule has 0 amide bonds. The van der Waals surface area contributed by atoms with Crippen LogP contribution in [0, 0.1) is 0 Å². The van der Waals surface area contributed by atoms with Crippen molar-refractivity contribution in [1.82, 2.24) is 0 Å². The van der Waals surface area contributed by atoms with Crippen LogP contribution in [0.5, 0.6) is 5.75 Å². The molecule has 1 aromatic carbocycles.